The predicted octanol–water partition coefficient (Wildman–Crippen LogP) is 4.05. The lowest BCUT2D eigenvalue weighted by atomic mass is 9.85. The normalized spacial score (nSPS) is 27.0. The van der Waals surface area contributed by atoms with Crippen LogP contribution in [-0.2, 0) is 6.54 Å². The van der Waals surface area contributed by atoms with Crippen molar-refractivity contribution in [3.8, 4) is 0 Å². The Kier molecular flexibility index (Phi) is 5.83. The molecule has 0 amide bonds. The standard InChI is InChI=1S/C19H32N2/c1-16(2)18-10-7-12-19(15-20,13-11-18)21(3)14-17-8-5-4-6-9-17/h4-6,8-9,16,18H,7,10-15,20H2,1-3H3. The summed E-state index contributed by atoms with van der Waals surface area (Å²) in [6, 6.07) is 10.8. The predicted molar refractivity (Wildman–Crippen MR) is 91.1 cm³/mol. The molecule has 0 aliphatic heterocycles. The van der Waals surface area contributed by atoms with Crippen molar-refractivity contribution in [3.63, 3.8) is 0 Å². The van der Waals surface area contributed by atoms with Gasteiger partial charge < -0.3 is 5.73 Å². The number of likely N-dealkylation sites (N-methyl/N-ethyl adjacent to an activating group) is 1. The van der Waals surface area contributed by atoms with Crippen LogP contribution in [0.5, 0.6) is 0 Å². The smallest absolute Gasteiger partial charge is 0.0332 e. The topological polar surface area (TPSA) is 29.3 Å². The molecule has 2 atom stereocenters. The third-order valence-corrected chi connectivity index (χ3v) is 5.59. The maximum atomic E-state index is 6.24. The van der Waals surface area contributed by atoms with Gasteiger partial charge in [0.1, 0.15) is 0 Å². The third-order valence-electron chi connectivity index (χ3n) is 5.59. The molecule has 118 valence electrons. The highest BCUT2D eigenvalue weighted by Gasteiger charge is 2.36. The minimum absolute atomic E-state index is 0.194. The van der Waals surface area contributed by atoms with E-state index in [9.17, 15) is 0 Å². The Labute approximate surface area is 130 Å². The first-order valence-electron chi connectivity index (χ1n) is 8.52. The van der Waals surface area contributed by atoms with E-state index in [1.807, 2.05) is 0 Å². The summed E-state index contributed by atoms with van der Waals surface area (Å²) >= 11 is 0. The summed E-state index contributed by atoms with van der Waals surface area (Å²) in [7, 11) is 2.26. The lowest BCUT2D eigenvalue weighted by molar-refractivity contribution is 0.0975. The number of hydrogen-bond donors (Lipinski definition) is 1. The highest BCUT2D eigenvalue weighted by atomic mass is 15.2. The van der Waals surface area contributed by atoms with Crippen molar-refractivity contribution in [1.82, 2.24) is 4.90 Å². The molecule has 2 N–H and O–H groups in total. The van der Waals surface area contributed by atoms with Crippen LogP contribution in [0.2, 0.25) is 0 Å². The number of nitrogens with zero attached hydrogens (tertiary/aromatic N) is 1. The molecule has 0 heterocycles. The van der Waals surface area contributed by atoms with Gasteiger partial charge in [0.15, 0.2) is 0 Å². The van der Waals surface area contributed by atoms with Crippen LogP contribution in [0.4, 0.5) is 0 Å². The minimum atomic E-state index is 0.194. The van der Waals surface area contributed by atoms with Crippen molar-refractivity contribution in [1.29, 1.82) is 0 Å². The number of benzene rings is 1. The van der Waals surface area contributed by atoms with Gasteiger partial charge in [-0.25, -0.2) is 0 Å². The Morgan fingerprint density at radius 1 is 1.19 bits per heavy atom. The highest BCUT2D eigenvalue weighted by Crippen LogP contribution is 2.37. The lowest BCUT2D eigenvalue weighted by Gasteiger charge is -2.41. The first kappa shape index (κ1) is 16.5. The first-order chi connectivity index (χ1) is 10.1. The van der Waals surface area contributed by atoms with Crippen LogP contribution in [0.25, 0.3) is 0 Å². The third kappa shape index (κ3) is 4.08. The summed E-state index contributed by atoms with van der Waals surface area (Å²) in [6.45, 7) is 6.52. The van der Waals surface area contributed by atoms with E-state index in [1.165, 1.54) is 37.7 Å². The van der Waals surface area contributed by atoms with E-state index in [1.54, 1.807) is 0 Å². The summed E-state index contributed by atoms with van der Waals surface area (Å²) in [5.74, 6) is 1.68. The van der Waals surface area contributed by atoms with Gasteiger partial charge in [-0.2, -0.15) is 0 Å². The van der Waals surface area contributed by atoms with Gasteiger partial charge >= 0.3 is 0 Å². The van der Waals surface area contributed by atoms with Gasteiger partial charge in [0.2, 0.25) is 0 Å². The molecule has 21 heavy (non-hydrogen) atoms. The molecule has 1 aliphatic carbocycles. The monoisotopic (exact) mass is 288 g/mol. The van der Waals surface area contributed by atoms with E-state index in [-0.39, 0.29) is 5.54 Å². The summed E-state index contributed by atoms with van der Waals surface area (Å²) in [6.07, 6.45) is 6.51. The number of rotatable bonds is 5. The Morgan fingerprint density at radius 3 is 2.52 bits per heavy atom. The fraction of sp³-hybridized carbons (Fsp3) is 0.684. The van der Waals surface area contributed by atoms with Crippen molar-refractivity contribution in [2.75, 3.05) is 13.6 Å². The second kappa shape index (κ2) is 7.42. The molecular weight excluding hydrogens is 256 g/mol. The maximum Gasteiger partial charge on any atom is 0.0332 e. The molecule has 1 fully saturated rings. The minimum Gasteiger partial charge on any atom is -0.329 e. The molecule has 0 bridgehead atoms. The second-order valence-corrected chi connectivity index (χ2v) is 7.21. The number of hydrogen-bond acceptors (Lipinski definition) is 2. The van der Waals surface area contributed by atoms with Crippen molar-refractivity contribution in [2.24, 2.45) is 17.6 Å². The molecule has 2 rings (SSSR count). The van der Waals surface area contributed by atoms with E-state index in [4.69, 9.17) is 5.73 Å². The van der Waals surface area contributed by atoms with Gasteiger partial charge in [0.25, 0.3) is 0 Å². The molecule has 0 radical (unpaired) electrons. The van der Waals surface area contributed by atoms with Crippen LogP contribution in [0, 0.1) is 11.8 Å². The van der Waals surface area contributed by atoms with Gasteiger partial charge in [-0.1, -0.05) is 57.0 Å². The Hall–Kier alpha value is -0.860. The SMILES string of the molecule is CC(C)C1CCCC(CN)(N(C)Cc2ccccc2)CC1. The molecule has 2 heteroatoms. The Morgan fingerprint density at radius 2 is 1.90 bits per heavy atom. The van der Waals surface area contributed by atoms with Crippen LogP contribution in [-0.4, -0.2) is 24.0 Å². The summed E-state index contributed by atoms with van der Waals surface area (Å²) < 4.78 is 0. The fourth-order valence-electron chi connectivity index (χ4n) is 3.85. The summed E-state index contributed by atoms with van der Waals surface area (Å²) in [5.41, 5.74) is 7.82. The van der Waals surface area contributed by atoms with Gasteiger partial charge in [0.05, 0.1) is 0 Å². The van der Waals surface area contributed by atoms with E-state index in [0.29, 0.717) is 0 Å². The second-order valence-electron chi connectivity index (χ2n) is 7.21. The van der Waals surface area contributed by atoms with Crippen LogP contribution in [0.3, 0.4) is 0 Å². The number of nitrogens with two attached hydrogens (primary N) is 1. The van der Waals surface area contributed by atoms with Gasteiger partial charge in [0, 0.05) is 18.6 Å². The van der Waals surface area contributed by atoms with Gasteiger partial charge in [-0.3, -0.25) is 4.90 Å². The van der Waals surface area contributed by atoms with Crippen LogP contribution in [0.15, 0.2) is 30.3 Å². The van der Waals surface area contributed by atoms with Gasteiger partial charge in [-0.05, 0) is 43.7 Å². The van der Waals surface area contributed by atoms with Gasteiger partial charge in [-0.15, -0.1) is 0 Å². The van der Waals surface area contributed by atoms with E-state index in [2.05, 4.69) is 56.1 Å². The molecule has 1 aromatic rings. The molecular formula is C19H32N2. The average molecular weight is 288 g/mol. The molecule has 2 unspecified atom stereocenters. The molecule has 1 aliphatic rings. The molecule has 1 saturated carbocycles. The van der Waals surface area contributed by atoms with Crippen LogP contribution in [0.1, 0.15) is 51.5 Å². The van der Waals surface area contributed by atoms with Crippen molar-refractivity contribution >= 4 is 0 Å². The Bertz CT molecular complexity index is 415. The van der Waals surface area contributed by atoms with Crippen molar-refractivity contribution in [2.45, 2.75) is 58.0 Å². The van der Waals surface area contributed by atoms with E-state index < -0.39 is 0 Å². The molecule has 0 spiro atoms. The van der Waals surface area contributed by atoms with E-state index in [0.717, 1.165) is 24.9 Å². The lowest BCUT2D eigenvalue weighted by Crippen LogP contribution is -2.51. The van der Waals surface area contributed by atoms with Crippen molar-refractivity contribution < 1.29 is 0 Å². The molecule has 2 nitrogen and oxygen atoms in total. The largest absolute Gasteiger partial charge is 0.329 e. The van der Waals surface area contributed by atoms with Crippen molar-refractivity contribution in [3.05, 3.63) is 35.9 Å². The molecule has 0 aromatic heterocycles. The fourth-order valence-corrected chi connectivity index (χ4v) is 3.85. The summed E-state index contributed by atoms with van der Waals surface area (Å²) in [5, 5.41) is 0. The maximum absolute atomic E-state index is 6.24. The first-order valence-corrected chi connectivity index (χ1v) is 8.52. The summed E-state index contributed by atoms with van der Waals surface area (Å²) in [4.78, 5) is 2.52. The zero-order valence-electron chi connectivity index (χ0n) is 14.0. The van der Waals surface area contributed by atoms with Crippen LogP contribution < -0.4 is 5.73 Å². The quantitative estimate of drug-likeness (QED) is 0.828. The Balaban J connectivity index is 2.06. The zero-order chi connectivity index (χ0) is 15.3. The average Bonchev–Trinajstić information content (AvgIpc) is 2.71. The van der Waals surface area contributed by atoms with Crippen LogP contribution >= 0.6 is 0 Å². The zero-order valence-corrected chi connectivity index (χ0v) is 14.0. The highest BCUT2D eigenvalue weighted by molar-refractivity contribution is 5.15. The molecule has 1 aromatic carbocycles. The van der Waals surface area contributed by atoms with E-state index >= 15 is 0 Å². The molecule has 0 saturated heterocycles.